The molecule has 2 N–H and O–H groups in total. The minimum atomic E-state index is -0.357. The van der Waals surface area contributed by atoms with Crippen LogP contribution in [0.2, 0.25) is 10.0 Å². The number of aliphatic hydroxyl groups is 1. The Balaban J connectivity index is 1.65. The Hall–Kier alpha value is -1.79. The van der Waals surface area contributed by atoms with E-state index in [2.05, 4.69) is 37.4 Å². The molecular weight excluding hydrogens is 473 g/mol. The number of nitrogens with one attached hydrogen (secondary N) is 1. The Kier molecular flexibility index (Phi) is 8.08. The molecule has 2 fully saturated rings. The normalized spacial score (nSPS) is 28.4. The first kappa shape index (κ1) is 25.3. The first-order chi connectivity index (χ1) is 16.4. The Bertz CT molecular complexity index is 999. The molecule has 0 bridgehead atoms. The molecule has 1 aliphatic heterocycles. The van der Waals surface area contributed by atoms with Gasteiger partial charge >= 0.3 is 0 Å². The van der Waals surface area contributed by atoms with E-state index in [9.17, 15) is 4.79 Å². The van der Waals surface area contributed by atoms with Crippen molar-refractivity contribution in [2.75, 3.05) is 26.4 Å². The Morgan fingerprint density at radius 3 is 2.56 bits per heavy atom. The first-order valence-corrected chi connectivity index (χ1v) is 12.8. The lowest BCUT2D eigenvalue weighted by molar-refractivity contribution is -0.131. The van der Waals surface area contributed by atoms with Crippen molar-refractivity contribution in [2.45, 2.75) is 51.0 Å². The molecule has 0 aromatic heterocycles. The summed E-state index contributed by atoms with van der Waals surface area (Å²) in [5.74, 6) is 1.35. The summed E-state index contributed by atoms with van der Waals surface area (Å²) < 4.78 is 11.0. The summed E-state index contributed by atoms with van der Waals surface area (Å²) in [6.07, 6.45) is 2.55. The molecule has 34 heavy (non-hydrogen) atoms. The Morgan fingerprint density at radius 1 is 1.12 bits per heavy atom. The second-order valence-corrected chi connectivity index (χ2v) is 10.2. The maximum atomic E-state index is 13.1. The van der Waals surface area contributed by atoms with Crippen molar-refractivity contribution < 1.29 is 19.4 Å². The van der Waals surface area contributed by atoms with Crippen LogP contribution >= 0.6 is 23.2 Å². The second kappa shape index (κ2) is 10.9. The monoisotopic (exact) mass is 505 g/mol. The molecular formula is C27H33Cl2NO4. The predicted molar refractivity (Wildman–Crippen MR) is 135 cm³/mol. The molecule has 0 unspecified atom stereocenters. The van der Waals surface area contributed by atoms with Crippen LogP contribution in [0.4, 0.5) is 0 Å². The second-order valence-electron chi connectivity index (χ2n) is 9.39. The third-order valence-electron chi connectivity index (χ3n) is 7.70. The third-order valence-corrected chi connectivity index (χ3v) is 8.28. The Morgan fingerprint density at radius 2 is 1.88 bits per heavy atom. The van der Waals surface area contributed by atoms with Crippen molar-refractivity contribution in [2.24, 2.45) is 11.3 Å². The molecule has 5 nitrogen and oxygen atoms in total. The number of rotatable bonds is 9. The molecule has 1 aliphatic carbocycles. The fourth-order valence-electron chi connectivity index (χ4n) is 6.18. The molecule has 1 saturated carbocycles. The summed E-state index contributed by atoms with van der Waals surface area (Å²) in [5, 5.41) is 13.4. The van der Waals surface area contributed by atoms with Crippen LogP contribution < -0.4 is 10.1 Å². The van der Waals surface area contributed by atoms with Gasteiger partial charge in [0.25, 0.3) is 0 Å². The SMILES string of the molecule is CC[C@@]12CC[C@@H](c3ccc(OCCOCCO)cc3Cl)[C@H](c3ccc(Cl)cc3)[C@@H]1[C@@H](C)NC2=O. The zero-order valence-corrected chi connectivity index (χ0v) is 21.2. The maximum Gasteiger partial charge on any atom is 0.226 e. The highest BCUT2D eigenvalue weighted by Crippen LogP contribution is 2.60. The van der Waals surface area contributed by atoms with Crippen molar-refractivity contribution in [1.82, 2.24) is 5.32 Å². The van der Waals surface area contributed by atoms with Crippen LogP contribution in [0.5, 0.6) is 5.75 Å². The molecule has 2 aliphatic rings. The van der Waals surface area contributed by atoms with E-state index in [1.54, 1.807) is 0 Å². The molecule has 2 aromatic rings. The maximum absolute atomic E-state index is 13.1. The summed E-state index contributed by atoms with van der Waals surface area (Å²) in [6.45, 7) is 5.35. The van der Waals surface area contributed by atoms with E-state index in [0.29, 0.717) is 35.6 Å². The summed E-state index contributed by atoms with van der Waals surface area (Å²) in [5.41, 5.74) is 1.92. The average molecular weight is 506 g/mol. The van der Waals surface area contributed by atoms with Crippen LogP contribution in [-0.2, 0) is 9.53 Å². The topological polar surface area (TPSA) is 67.8 Å². The fraction of sp³-hybridized carbons (Fsp3) is 0.519. The molecule has 0 radical (unpaired) electrons. The van der Waals surface area contributed by atoms with E-state index in [0.717, 1.165) is 24.8 Å². The van der Waals surface area contributed by atoms with Crippen molar-refractivity contribution >= 4 is 29.1 Å². The van der Waals surface area contributed by atoms with E-state index in [-0.39, 0.29) is 41.7 Å². The van der Waals surface area contributed by atoms with Gasteiger partial charge in [0.15, 0.2) is 0 Å². The summed E-state index contributed by atoms with van der Waals surface area (Å²) in [4.78, 5) is 13.1. The molecule has 4 rings (SSSR count). The minimum absolute atomic E-state index is 0.00323. The molecule has 2 aromatic carbocycles. The van der Waals surface area contributed by atoms with Crippen LogP contribution in [0.3, 0.4) is 0 Å². The quantitative estimate of drug-likeness (QED) is 0.437. The van der Waals surface area contributed by atoms with Gasteiger partial charge in [-0.2, -0.15) is 0 Å². The number of hydrogen-bond donors (Lipinski definition) is 2. The lowest BCUT2D eigenvalue weighted by Gasteiger charge is -2.47. The van der Waals surface area contributed by atoms with Crippen molar-refractivity contribution in [3.05, 3.63) is 63.6 Å². The number of carbonyl (C=O) groups is 1. The molecule has 184 valence electrons. The molecule has 7 heteroatoms. The number of halogens is 2. The number of fused-ring (bicyclic) bond motifs is 1. The summed E-state index contributed by atoms with van der Waals surface area (Å²) in [6, 6.07) is 14.0. The van der Waals surface area contributed by atoms with Gasteiger partial charge in [-0.15, -0.1) is 0 Å². The van der Waals surface area contributed by atoms with Gasteiger partial charge in [0.05, 0.1) is 25.2 Å². The van der Waals surface area contributed by atoms with E-state index >= 15 is 0 Å². The van der Waals surface area contributed by atoms with Gasteiger partial charge in [-0.25, -0.2) is 0 Å². The highest BCUT2D eigenvalue weighted by Gasteiger charge is 2.59. The lowest BCUT2D eigenvalue weighted by atomic mass is 9.54. The first-order valence-electron chi connectivity index (χ1n) is 12.1. The largest absolute Gasteiger partial charge is 0.491 e. The fourth-order valence-corrected chi connectivity index (χ4v) is 6.61. The van der Waals surface area contributed by atoms with Gasteiger partial charge in [-0.05, 0) is 73.4 Å². The average Bonchev–Trinajstić information content (AvgIpc) is 3.09. The molecule has 5 atom stereocenters. The van der Waals surface area contributed by atoms with Crippen molar-refractivity contribution in [3.8, 4) is 5.75 Å². The van der Waals surface area contributed by atoms with Crippen LogP contribution in [-0.4, -0.2) is 43.5 Å². The van der Waals surface area contributed by atoms with Gasteiger partial charge < -0.3 is 19.9 Å². The predicted octanol–water partition coefficient (Wildman–Crippen LogP) is 5.57. The summed E-state index contributed by atoms with van der Waals surface area (Å²) in [7, 11) is 0. The molecule has 1 heterocycles. The zero-order chi connectivity index (χ0) is 24.3. The van der Waals surface area contributed by atoms with Crippen molar-refractivity contribution in [1.29, 1.82) is 0 Å². The number of ether oxygens (including phenoxy) is 2. The van der Waals surface area contributed by atoms with Crippen LogP contribution in [0.25, 0.3) is 0 Å². The highest BCUT2D eigenvalue weighted by atomic mass is 35.5. The van der Waals surface area contributed by atoms with Crippen LogP contribution in [0.15, 0.2) is 42.5 Å². The van der Waals surface area contributed by atoms with Gasteiger partial charge in [0, 0.05) is 22.0 Å². The lowest BCUT2D eigenvalue weighted by Crippen LogP contribution is -2.43. The number of amides is 1. The number of carbonyl (C=O) groups excluding carboxylic acids is 1. The van der Waals surface area contributed by atoms with Crippen molar-refractivity contribution in [3.63, 3.8) is 0 Å². The number of hydrogen-bond acceptors (Lipinski definition) is 4. The third kappa shape index (κ3) is 4.81. The van der Waals surface area contributed by atoms with Gasteiger partial charge in [-0.3, -0.25) is 4.79 Å². The Labute approximate surface area is 211 Å². The van der Waals surface area contributed by atoms with Crippen LogP contribution in [0, 0.1) is 11.3 Å². The standard InChI is InChI=1S/C27H33Cl2NO4/c1-3-27-11-10-22(21-9-8-20(16-23(21)29)34-15-14-33-13-12-31)24(18-4-6-19(28)7-5-18)25(27)17(2)30-26(27)32/h4-9,16-17,22,24-25,31H,3,10-15H2,1-2H3,(H,30,32)/t17-,22+,24+,25+,27-/m1/s1. The molecule has 1 saturated heterocycles. The summed E-state index contributed by atoms with van der Waals surface area (Å²) >= 11 is 13.0. The van der Waals surface area contributed by atoms with Crippen LogP contribution in [0.1, 0.15) is 56.1 Å². The van der Waals surface area contributed by atoms with Gasteiger partial charge in [-0.1, -0.05) is 48.3 Å². The van der Waals surface area contributed by atoms with E-state index in [1.807, 2.05) is 24.3 Å². The van der Waals surface area contributed by atoms with E-state index in [1.165, 1.54) is 5.56 Å². The van der Waals surface area contributed by atoms with Gasteiger partial charge in [0.1, 0.15) is 12.4 Å². The smallest absolute Gasteiger partial charge is 0.226 e. The molecule has 0 spiro atoms. The minimum Gasteiger partial charge on any atom is -0.491 e. The van der Waals surface area contributed by atoms with Gasteiger partial charge in [0.2, 0.25) is 5.91 Å². The molecule has 1 amide bonds. The van der Waals surface area contributed by atoms with E-state index < -0.39 is 0 Å². The number of benzene rings is 2. The zero-order valence-electron chi connectivity index (χ0n) is 19.7. The van der Waals surface area contributed by atoms with E-state index in [4.69, 9.17) is 37.8 Å². The highest BCUT2D eigenvalue weighted by molar-refractivity contribution is 6.31. The number of aliphatic hydroxyl groups excluding tert-OH is 1.